The summed E-state index contributed by atoms with van der Waals surface area (Å²) < 4.78 is 11.6. The van der Waals surface area contributed by atoms with Gasteiger partial charge in [-0.1, -0.05) is 6.92 Å². The second kappa shape index (κ2) is 8.57. The van der Waals surface area contributed by atoms with Gasteiger partial charge >= 0.3 is 0 Å². The molecule has 0 atom stereocenters. The fraction of sp³-hybridized carbons (Fsp3) is 0.765. The summed E-state index contributed by atoms with van der Waals surface area (Å²) in [7, 11) is 0. The van der Waals surface area contributed by atoms with E-state index in [0.717, 1.165) is 63.7 Å². The number of nitrogens with zero attached hydrogens (tertiary/aromatic N) is 1. The van der Waals surface area contributed by atoms with Gasteiger partial charge < -0.3 is 14.5 Å². The highest BCUT2D eigenvalue weighted by Crippen LogP contribution is 2.20. The molecular formula is C17H30N2O2. The van der Waals surface area contributed by atoms with Crippen molar-refractivity contribution >= 4 is 0 Å². The minimum absolute atomic E-state index is 0.457. The first-order valence-electron chi connectivity index (χ1n) is 8.35. The van der Waals surface area contributed by atoms with Crippen molar-refractivity contribution in [3.8, 4) is 0 Å². The third kappa shape index (κ3) is 5.13. The molecule has 0 spiro atoms. The standard InChI is InChI=1S/C17H30N2O2/c1-4-8-18-12-15-11-17(21-14(15)3)13-19-9-6-16(7-10-19)20-5-2/h11,16,18H,4-10,12-13H2,1-3H3. The lowest BCUT2D eigenvalue weighted by Crippen LogP contribution is -2.36. The van der Waals surface area contributed by atoms with Crippen LogP contribution in [0.15, 0.2) is 10.5 Å². The number of piperidine rings is 1. The van der Waals surface area contributed by atoms with Crippen molar-refractivity contribution in [3.63, 3.8) is 0 Å². The molecule has 2 heterocycles. The van der Waals surface area contributed by atoms with E-state index in [4.69, 9.17) is 9.15 Å². The number of nitrogens with one attached hydrogen (secondary N) is 1. The van der Waals surface area contributed by atoms with Crippen molar-refractivity contribution < 1.29 is 9.15 Å². The molecule has 2 rings (SSSR count). The van der Waals surface area contributed by atoms with Crippen molar-refractivity contribution in [1.82, 2.24) is 10.2 Å². The van der Waals surface area contributed by atoms with E-state index in [1.165, 1.54) is 12.0 Å². The molecule has 0 aromatic carbocycles. The van der Waals surface area contributed by atoms with Crippen LogP contribution in [-0.2, 0) is 17.8 Å². The molecule has 1 aliphatic rings. The van der Waals surface area contributed by atoms with Gasteiger partial charge in [0.1, 0.15) is 11.5 Å². The quantitative estimate of drug-likeness (QED) is 0.748. The molecule has 0 radical (unpaired) electrons. The van der Waals surface area contributed by atoms with E-state index in [1.54, 1.807) is 0 Å². The highest BCUT2D eigenvalue weighted by atomic mass is 16.5. The van der Waals surface area contributed by atoms with Crippen molar-refractivity contribution in [2.24, 2.45) is 0 Å². The Morgan fingerprint density at radius 2 is 2.10 bits per heavy atom. The largest absolute Gasteiger partial charge is 0.465 e. The van der Waals surface area contributed by atoms with E-state index < -0.39 is 0 Å². The summed E-state index contributed by atoms with van der Waals surface area (Å²) in [4.78, 5) is 2.47. The van der Waals surface area contributed by atoms with Gasteiger partial charge in [0.15, 0.2) is 0 Å². The summed E-state index contributed by atoms with van der Waals surface area (Å²) in [6.07, 6.45) is 3.90. The number of aryl methyl sites for hydroxylation is 1. The van der Waals surface area contributed by atoms with Crippen LogP contribution in [0.25, 0.3) is 0 Å². The van der Waals surface area contributed by atoms with Gasteiger partial charge in [0.2, 0.25) is 0 Å². The molecular weight excluding hydrogens is 264 g/mol. The minimum Gasteiger partial charge on any atom is -0.465 e. The fourth-order valence-corrected chi connectivity index (χ4v) is 2.93. The Morgan fingerprint density at radius 3 is 2.76 bits per heavy atom. The smallest absolute Gasteiger partial charge is 0.118 e. The first kappa shape index (κ1) is 16.5. The zero-order chi connectivity index (χ0) is 15.1. The second-order valence-electron chi connectivity index (χ2n) is 5.90. The summed E-state index contributed by atoms with van der Waals surface area (Å²) in [6.45, 7) is 12.3. The molecule has 1 saturated heterocycles. The Balaban J connectivity index is 1.79. The lowest BCUT2D eigenvalue weighted by Gasteiger charge is -2.31. The number of hydrogen-bond acceptors (Lipinski definition) is 4. The average Bonchev–Trinajstić information content (AvgIpc) is 2.82. The van der Waals surface area contributed by atoms with Gasteiger partial charge in [0.05, 0.1) is 12.6 Å². The summed E-state index contributed by atoms with van der Waals surface area (Å²) in [6, 6.07) is 2.21. The molecule has 1 fully saturated rings. The van der Waals surface area contributed by atoms with Gasteiger partial charge in [-0.05, 0) is 45.7 Å². The van der Waals surface area contributed by atoms with Crippen LogP contribution in [0.2, 0.25) is 0 Å². The van der Waals surface area contributed by atoms with Crippen molar-refractivity contribution in [1.29, 1.82) is 0 Å². The van der Waals surface area contributed by atoms with Crippen LogP contribution >= 0.6 is 0 Å². The Bertz CT molecular complexity index is 409. The molecule has 1 aromatic heterocycles. The van der Waals surface area contributed by atoms with E-state index >= 15 is 0 Å². The lowest BCUT2D eigenvalue weighted by atomic mass is 10.1. The Labute approximate surface area is 128 Å². The molecule has 1 N–H and O–H groups in total. The predicted octanol–water partition coefficient (Wildman–Crippen LogP) is 3.09. The predicted molar refractivity (Wildman–Crippen MR) is 85.4 cm³/mol. The maximum Gasteiger partial charge on any atom is 0.118 e. The maximum atomic E-state index is 5.91. The summed E-state index contributed by atoms with van der Waals surface area (Å²) in [5.41, 5.74) is 1.29. The normalized spacial score (nSPS) is 17.5. The van der Waals surface area contributed by atoms with Gasteiger partial charge in [-0.2, -0.15) is 0 Å². The van der Waals surface area contributed by atoms with E-state index in [-0.39, 0.29) is 0 Å². The molecule has 1 aliphatic heterocycles. The van der Waals surface area contributed by atoms with Crippen LogP contribution in [0, 0.1) is 6.92 Å². The van der Waals surface area contributed by atoms with Crippen LogP contribution in [-0.4, -0.2) is 37.2 Å². The lowest BCUT2D eigenvalue weighted by molar-refractivity contribution is 0.0112. The summed E-state index contributed by atoms with van der Waals surface area (Å²) in [5, 5.41) is 3.44. The topological polar surface area (TPSA) is 37.6 Å². The highest BCUT2D eigenvalue weighted by molar-refractivity contribution is 5.20. The second-order valence-corrected chi connectivity index (χ2v) is 5.90. The maximum absolute atomic E-state index is 5.91. The van der Waals surface area contributed by atoms with Crippen LogP contribution in [0.3, 0.4) is 0 Å². The monoisotopic (exact) mass is 294 g/mol. The number of rotatable bonds is 8. The molecule has 0 bridgehead atoms. The summed E-state index contributed by atoms with van der Waals surface area (Å²) >= 11 is 0. The Kier molecular flexibility index (Phi) is 6.74. The van der Waals surface area contributed by atoms with E-state index in [9.17, 15) is 0 Å². The Morgan fingerprint density at radius 1 is 1.33 bits per heavy atom. The molecule has 120 valence electrons. The van der Waals surface area contributed by atoms with Gasteiger partial charge in [-0.25, -0.2) is 0 Å². The molecule has 0 amide bonds. The molecule has 21 heavy (non-hydrogen) atoms. The first-order chi connectivity index (χ1) is 10.2. The number of ether oxygens (including phenoxy) is 1. The third-order valence-corrected chi connectivity index (χ3v) is 4.13. The van der Waals surface area contributed by atoms with E-state index in [0.29, 0.717) is 6.10 Å². The van der Waals surface area contributed by atoms with Gasteiger partial charge in [-0.15, -0.1) is 0 Å². The molecule has 0 saturated carbocycles. The third-order valence-electron chi connectivity index (χ3n) is 4.13. The number of furan rings is 1. The zero-order valence-electron chi connectivity index (χ0n) is 13.8. The molecule has 4 heteroatoms. The molecule has 1 aromatic rings. The van der Waals surface area contributed by atoms with Gasteiger partial charge in [0.25, 0.3) is 0 Å². The van der Waals surface area contributed by atoms with E-state index in [1.807, 2.05) is 0 Å². The minimum atomic E-state index is 0.457. The molecule has 0 aliphatic carbocycles. The zero-order valence-corrected chi connectivity index (χ0v) is 13.8. The van der Waals surface area contributed by atoms with Crippen LogP contribution in [0.5, 0.6) is 0 Å². The first-order valence-corrected chi connectivity index (χ1v) is 8.35. The van der Waals surface area contributed by atoms with Crippen molar-refractivity contribution in [2.75, 3.05) is 26.2 Å². The van der Waals surface area contributed by atoms with Crippen LogP contribution in [0.4, 0.5) is 0 Å². The Hall–Kier alpha value is -0.840. The number of hydrogen-bond donors (Lipinski definition) is 1. The SMILES string of the molecule is CCCNCc1cc(CN2CCC(OCC)CC2)oc1C. The summed E-state index contributed by atoms with van der Waals surface area (Å²) in [5.74, 6) is 2.15. The average molecular weight is 294 g/mol. The van der Waals surface area contributed by atoms with Gasteiger partial charge in [0, 0.05) is 31.8 Å². The molecule has 4 nitrogen and oxygen atoms in total. The fourth-order valence-electron chi connectivity index (χ4n) is 2.93. The van der Waals surface area contributed by atoms with Crippen molar-refractivity contribution in [3.05, 3.63) is 23.2 Å². The van der Waals surface area contributed by atoms with Gasteiger partial charge in [-0.3, -0.25) is 4.90 Å². The van der Waals surface area contributed by atoms with Crippen molar-refractivity contribution in [2.45, 2.75) is 59.2 Å². The van der Waals surface area contributed by atoms with Crippen LogP contribution in [0.1, 0.15) is 50.2 Å². The molecule has 0 unspecified atom stereocenters. The number of likely N-dealkylation sites (tertiary alicyclic amines) is 1. The highest BCUT2D eigenvalue weighted by Gasteiger charge is 2.20. The van der Waals surface area contributed by atoms with E-state index in [2.05, 4.69) is 37.1 Å². The van der Waals surface area contributed by atoms with Crippen LogP contribution < -0.4 is 5.32 Å².